The number of thiazole rings is 1. The predicted molar refractivity (Wildman–Crippen MR) is 94.6 cm³/mol. The van der Waals surface area contributed by atoms with Crippen LogP contribution in [0.2, 0.25) is 0 Å². The molecule has 3 rings (SSSR count). The highest BCUT2D eigenvalue weighted by atomic mass is 32.2. The molecule has 1 aliphatic rings. The number of nitrogens with zero attached hydrogens (tertiary/aromatic N) is 2. The topological polar surface area (TPSA) is 50.3 Å². The number of aryl methyl sites for hydroxylation is 3. The van der Waals surface area contributed by atoms with Crippen molar-refractivity contribution in [2.45, 2.75) is 50.8 Å². The number of hydrogen-bond acceptors (Lipinski definition) is 4. The molecule has 1 aromatic carbocycles. The van der Waals surface area contributed by atoms with E-state index < -0.39 is 10.0 Å². The standard InChI is InChI=1S/C17H22N2O2S2/c1-11(2)15-10-9-14-7-5-6-8-16(14)19(15)23(20,21)17-12(3)18-13(4)22-17/h5-8,11,15H,9-10H2,1-4H3. The largest absolute Gasteiger partial charge is 0.275 e. The van der Waals surface area contributed by atoms with Crippen LogP contribution in [0.15, 0.2) is 28.5 Å². The number of benzene rings is 1. The summed E-state index contributed by atoms with van der Waals surface area (Å²) in [4.78, 5) is 4.31. The van der Waals surface area contributed by atoms with Gasteiger partial charge in [0.2, 0.25) is 0 Å². The van der Waals surface area contributed by atoms with Crippen molar-refractivity contribution in [3.8, 4) is 0 Å². The quantitative estimate of drug-likeness (QED) is 0.843. The summed E-state index contributed by atoms with van der Waals surface area (Å²) in [7, 11) is -3.59. The van der Waals surface area contributed by atoms with Gasteiger partial charge in [-0.15, -0.1) is 11.3 Å². The van der Waals surface area contributed by atoms with Gasteiger partial charge in [-0.3, -0.25) is 4.31 Å². The molecule has 0 amide bonds. The van der Waals surface area contributed by atoms with E-state index in [0.29, 0.717) is 9.90 Å². The van der Waals surface area contributed by atoms with Gasteiger partial charge in [0, 0.05) is 6.04 Å². The second-order valence-corrected chi connectivity index (χ2v) is 9.60. The number of fused-ring (bicyclic) bond motifs is 1. The zero-order chi connectivity index (χ0) is 16.8. The molecule has 0 aliphatic carbocycles. The molecular formula is C17H22N2O2S2. The van der Waals surface area contributed by atoms with Crippen molar-refractivity contribution >= 4 is 27.0 Å². The Morgan fingerprint density at radius 3 is 2.57 bits per heavy atom. The Morgan fingerprint density at radius 2 is 1.96 bits per heavy atom. The first-order chi connectivity index (χ1) is 10.8. The molecule has 1 aromatic heterocycles. The molecule has 2 heterocycles. The molecule has 0 spiro atoms. The summed E-state index contributed by atoms with van der Waals surface area (Å²) in [6.07, 6.45) is 1.77. The zero-order valence-electron chi connectivity index (χ0n) is 13.9. The van der Waals surface area contributed by atoms with E-state index in [0.717, 1.165) is 29.1 Å². The van der Waals surface area contributed by atoms with Crippen LogP contribution in [0.3, 0.4) is 0 Å². The van der Waals surface area contributed by atoms with Crippen LogP contribution >= 0.6 is 11.3 Å². The summed E-state index contributed by atoms with van der Waals surface area (Å²) >= 11 is 1.26. The second kappa shape index (κ2) is 5.91. The third-order valence-electron chi connectivity index (χ3n) is 4.36. The maximum absolute atomic E-state index is 13.4. The van der Waals surface area contributed by atoms with Crippen molar-refractivity contribution in [2.75, 3.05) is 4.31 Å². The Bertz CT molecular complexity index is 825. The summed E-state index contributed by atoms with van der Waals surface area (Å²) in [5.74, 6) is 0.257. The number of rotatable bonds is 3. The van der Waals surface area contributed by atoms with Gasteiger partial charge in [0.1, 0.15) is 0 Å². The smallest absolute Gasteiger partial charge is 0.262 e. The van der Waals surface area contributed by atoms with Gasteiger partial charge in [0.15, 0.2) is 4.21 Å². The molecule has 0 N–H and O–H groups in total. The molecule has 1 unspecified atom stereocenters. The number of aromatic nitrogens is 1. The van der Waals surface area contributed by atoms with Gasteiger partial charge >= 0.3 is 0 Å². The fraction of sp³-hybridized carbons (Fsp3) is 0.471. The predicted octanol–water partition coefficient (Wildman–Crippen LogP) is 3.93. The van der Waals surface area contributed by atoms with Crippen molar-refractivity contribution in [3.63, 3.8) is 0 Å². The molecule has 6 heteroatoms. The van der Waals surface area contributed by atoms with E-state index in [1.54, 1.807) is 11.2 Å². The Balaban J connectivity index is 2.19. The number of para-hydroxylation sites is 1. The summed E-state index contributed by atoms with van der Waals surface area (Å²) in [6.45, 7) is 7.80. The normalized spacial score (nSPS) is 18.3. The summed E-state index contributed by atoms with van der Waals surface area (Å²) in [5, 5.41) is 0.785. The Morgan fingerprint density at radius 1 is 1.26 bits per heavy atom. The van der Waals surface area contributed by atoms with Crippen LogP contribution < -0.4 is 4.31 Å². The average molecular weight is 351 g/mol. The third-order valence-corrected chi connectivity index (χ3v) is 7.86. The van der Waals surface area contributed by atoms with Crippen LogP contribution in [0, 0.1) is 19.8 Å². The molecule has 2 aromatic rings. The minimum atomic E-state index is -3.59. The van der Waals surface area contributed by atoms with Crippen molar-refractivity contribution in [3.05, 3.63) is 40.5 Å². The minimum Gasteiger partial charge on any atom is -0.262 e. The molecular weight excluding hydrogens is 328 g/mol. The van der Waals surface area contributed by atoms with E-state index in [1.165, 1.54) is 11.3 Å². The van der Waals surface area contributed by atoms with Crippen molar-refractivity contribution in [1.82, 2.24) is 4.98 Å². The highest BCUT2D eigenvalue weighted by molar-refractivity contribution is 7.94. The zero-order valence-corrected chi connectivity index (χ0v) is 15.5. The van der Waals surface area contributed by atoms with E-state index in [-0.39, 0.29) is 12.0 Å². The Hall–Kier alpha value is -1.40. The lowest BCUT2D eigenvalue weighted by molar-refractivity contribution is 0.446. The summed E-state index contributed by atoms with van der Waals surface area (Å²) < 4.78 is 28.8. The van der Waals surface area contributed by atoms with Gasteiger partial charge in [-0.25, -0.2) is 13.4 Å². The van der Waals surface area contributed by atoms with E-state index >= 15 is 0 Å². The van der Waals surface area contributed by atoms with Crippen molar-refractivity contribution < 1.29 is 8.42 Å². The van der Waals surface area contributed by atoms with E-state index in [2.05, 4.69) is 18.8 Å². The molecule has 0 saturated heterocycles. The molecule has 0 bridgehead atoms. The van der Waals surface area contributed by atoms with Crippen LogP contribution in [0.4, 0.5) is 5.69 Å². The molecule has 1 atom stereocenters. The third kappa shape index (κ3) is 2.78. The molecule has 1 aliphatic heterocycles. The average Bonchev–Trinajstić information content (AvgIpc) is 2.85. The van der Waals surface area contributed by atoms with Crippen LogP contribution in [-0.2, 0) is 16.4 Å². The van der Waals surface area contributed by atoms with E-state index in [4.69, 9.17) is 0 Å². The summed E-state index contributed by atoms with van der Waals surface area (Å²) in [5.41, 5.74) is 2.52. The monoisotopic (exact) mass is 350 g/mol. The lowest BCUT2D eigenvalue weighted by atomic mass is 9.91. The second-order valence-electron chi connectivity index (χ2n) is 6.39. The molecule has 0 fully saturated rings. The van der Waals surface area contributed by atoms with E-state index in [1.807, 2.05) is 31.2 Å². The maximum Gasteiger partial charge on any atom is 0.275 e. The van der Waals surface area contributed by atoms with Crippen LogP contribution in [0.5, 0.6) is 0 Å². The molecule has 4 nitrogen and oxygen atoms in total. The maximum atomic E-state index is 13.4. The lowest BCUT2D eigenvalue weighted by Gasteiger charge is -2.39. The Labute approximate surface area is 142 Å². The van der Waals surface area contributed by atoms with Gasteiger partial charge in [0.25, 0.3) is 10.0 Å². The molecule has 124 valence electrons. The molecule has 0 saturated carbocycles. The SMILES string of the molecule is Cc1nc(C)c(S(=O)(=O)N2c3ccccc3CCC2C(C)C)s1. The van der Waals surface area contributed by atoms with Gasteiger partial charge in [-0.05, 0) is 44.2 Å². The highest BCUT2D eigenvalue weighted by Crippen LogP contribution is 2.39. The molecule has 23 heavy (non-hydrogen) atoms. The first-order valence-corrected chi connectivity index (χ1v) is 10.1. The minimum absolute atomic E-state index is 0.0169. The van der Waals surface area contributed by atoms with E-state index in [9.17, 15) is 8.42 Å². The fourth-order valence-electron chi connectivity index (χ4n) is 3.29. The van der Waals surface area contributed by atoms with Gasteiger partial charge in [-0.2, -0.15) is 0 Å². The number of hydrogen-bond donors (Lipinski definition) is 0. The first kappa shape index (κ1) is 16.5. The molecule has 0 radical (unpaired) electrons. The van der Waals surface area contributed by atoms with Crippen molar-refractivity contribution in [1.29, 1.82) is 0 Å². The van der Waals surface area contributed by atoms with Crippen molar-refractivity contribution in [2.24, 2.45) is 5.92 Å². The van der Waals surface area contributed by atoms with Gasteiger partial charge < -0.3 is 0 Å². The number of anilines is 1. The number of sulfonamides is 1. The lowest BCUT2D eigenvalue weighted by Crippen LogP contribution is -2.46. The van der Waals surface area contributed by atoms with Crippen LogP contribution in [0.25, 0.3) is 0 Å². The fourth-order valence-corrected chi connectivity index (χ4v) is 6.70. The van der Waals surface area contributed by atoms with Crippen LogP contribution in [-0.4, -0.2) is 19.4 Å². The first-order valence-electron chi connectivity index (χ1n) is 7.88. The van der Waals surface area contributed by atoms with Gasteiger partial charge in [-0.1, -0.05) is 32.0 Å². The Kier molecular flexibility index (Phi) is 4.23. The van der Waals surface area contributed by atoms with Gasteiger partial charge in [0.05, 0.1) is 16.4 Å². The highest BCUT2D eigenvalue weighted by Gasteiger charge is 2.39. The summed E-state index contributed by atoms with van der Waals surface area (Å²) in [6, 6.07) is 7.82. The van der Waals surface area contributed by atoms with Crippen LogP contribution in [0.1, 0.15) is 36.5 Å².